The fourth-order valence-corrected chi connectivity index (χ4v) is 2.68. The molecule has 6 nitrogen and oxygen atoms in total. The summed E-state index contributed by atoms with van der Waals surface area (Å²) in [6.07, 6.45) is 2.39. The summed E-state index contributed by atoms with van der Waals surface area (Å²) in [5, 5.41) is 14.6. The van der Waals surface area contributed by atoms with E-state index < -0.39 is 0 Å². The second-order valence-electron chi connectivity index (χ2n) is 5.59. The number of nitrogens with one attached hydrogen (secondary N) is 2. The van der Waals surface area contributed by atoms with Crippen LogP contribution in [-0.4, -0.2) is 35.4 Å². The van der Waals surface area contributed by atoms with Crippen molar-refractivity contribution < 1.29 is 9.53 Å². The van der Waals surface area contributed by atoms with Gasteiger partial charge in [0.25, 0.3) is 5.91 Å². The molecule has 1 atom stereocenters. The summed E-state index contributed by atoms with van der Waals surface area (Å²) in [6.45, 7) is 1.87. The molecular weight excluding hydrogens is 328 g/mol. The van der Waals surface area contributed by atoms with Gasteiger partial charge in [-0.05, 0) is 36.6 Å². The minimum absolute atomic E-state index is 0.227. The van der Waals surface area contributed by atoms with Crippen LogP contribution in [0.25, 0.3) is 0 Å². The summed E-state index contributed by atoms with van der Waals surface area (Å²) < 4.78 is 5.53. The zero-order valence-electron chi connectivity index (χ0n) is 13.2. The average Bonchev–Trinajstić information content (AvgIpc) is 3.13. The standard InChI is InChI=1S/C17H19ClN4O2/c18-14-6-2-1-4-12(14)10-20-17(23)15-7-8-16(22-21-15)19-11-13-5-3-9-24-13/h1-2,4,6-8,13H,3,5,9-11H2,(H,19,22)(H,20,23). The Morgan fingerprint density at radius 2 is 2.12 bits per heavy atom. The molecule has 1 aromatic carbocycles. The smallest absolute Gasteiger partial charge is 0.272 e. The lowest BCUT2D eigenvalue weighted by molar-refractivity contribution is 0.0945. The van der Waals surface area contributed by atoms with E-state index in [-0.39, 0.29) is 17.7 Å². The first-order chi connectivity index (χ1) is 11.7. The van der Waals surface area contributed by atoms with E-state index in [0.717, 1.165) is 25.0 Å². The average molecular weight is 347 g/mol. The van der Waals surface area contributed by atoms with Gasteiger partial charge in [0.1, 0.15) is 5.82 Å². The van der Waals surface area contributed by atoms with Crippen LogP contribution in [0, 0.1) is 0 Å². The van der Waals surface area contributed by atoms with Crippen molar-refractivity contribution in [2.75, 3.05) is 18.5 Å². The third-order valence-corrected chi connectivity index (χ3v) is 4.20. The minimum atomic E-state index is -0.284. The number of rotatable bonds is 6. The zero-order chi connectivity index (χ0) is 16.8. The molecule has 126 valence electrons. The summed E-state index contributed by atoms with van der Waals surface area (Å²) in [6, 6.07) is 10.8. The summed E-state index contributed by atoms with van der Waals surface area (Å²) >= 11 is 6.07. The molecule has 1 aromatic heterocycles. The third-order valence-electron chi connectivity index (χ3n) is 3.83. The van der Waals surface area contributed by atoms with Crippen LogP contribution in [0.2, 0.25) is 5.02 Å². The molecule has 2 N–H and O–H groups in total. The van der Waals surface area contributed by atoms with Gasteiger partial charge in [-0.25, -0.2) is 0 Å². The minimum Gasteiger partial charge on any atom is -0.376 e. The summed E-state index contributed by atoms with van der Waals surface area (Å²) in [4.78, 5) is 12.1. The lowest BCUT2D eigenvalue weighted by atomic mass is 10.2. The number of nitrogens with zero attached hydrogens (tertiary/aromatic N) is 2. The number of anilines is 1. The van der Waals surface area contributed by atoms with Gasteiger partial charge in [0.05, 0.1) is 6.10 Å². The first-order valence-corrected chi connectivity index (χ1v) is 8.31. The van der Waals surface area contributed by atoms with Crippen molar-refractivity contribution in [2.24, 2.45) is 0 Å². The van der Waals surface area contributed by atoms with Gasteiger partial charge in [0.2, 0.25) is 0 Å². The van der Waals surface area contributed by atoms with E-state index >= 15 is 0 Å². The fraction of sp³-hybridized carbons (Fsp3) is 0.353. The van der Waals surface area contributed by atoms with Crippen LogP contribution in [0.3, 0.4) is 0 Å². The first kappa shape index (κ1) is 16.7. The van der Waals surface area contributed by atoms with Gasteiger partial charge in [-0.3, -0.25) is 4.79 Å². The quantitative estimate of drug-likeness (QED) is 0.841. The normalized spacial score (nSPS) is 16.8. The summed E-state index contributed by atoms with van der Waals surface area (Å²) in [5.74, 6) is 0.348. The van der Waals surface area contributed by atoms with Crippen LogP contribution in [0.15, 0.2) is 36.4 Å². The van der Waals surface area contributed by atoms with Crippen LogP contribution in [0.4, 0.5) is 5.82 Å². The Hall–Kier alpha value is -2.18. The van der Waals surface area contributed by atoms with Gasteiger partial charge in [-0.2, -0.15) is 0 Å². The topological polar surface area (TPSA) is 76.1 Å². The molecule has 1 amide bonds. The molecule has 1 fully saturated rings. The molecule has 1 aliphatic rings. The number of benzene rings is 1. The van der Waals surface area contributed by atoms with Crippen molar-refractivity contribution in [2.45, 2.75) is 25.5 Å². The SMILES string of the molecule is O=C(NCc1ccccc1Cl)c1ccc(NCC2CCCO2)nn1. The Kier molecular flexibility index (Phi) is 5.61. The van der Waals surface area contributed by atoms with Gasteiger partial charge in [-0.1, -0.05) is 29.8 Å². The molecule has 2 heterocycles. The lowest BCUT2D eigenvalue weighted by Crippen LogP contribution is -2.24. The predicted octanol–water partition coefficient (Wildman–Crippen LogP) is 2.65. The number of hydrogen-bond donors (Lipinski definition) is 2. The summed E-state index contributed by atoms with van der Waals surface area (Å²) in [5.41, 5.74) is 1.13. The molecule has 0 aliphatic carbocycles. The lowest BCUT2D eigenvalue weighted by Gasteiger charge is -2.11. The van der Waals surface area contributed by atoms with Gasteiger partial charge >= 0.3 is 0 Å². The number of carbonyl (C=O) groups excluding carboxylic acids is 1. The van der Waals surface area contributed by atoms with Crippen LogP contribution < -0.4 is 10.6 Å². The Balaban J connectivity index is 1.50. The molecule has 0 spiro atoms. The monoisotopic (exact) mass is 346 g/mol. The first-order valence-electron chi connectivity index (χ1n) is 7.93. The largest absolute Gasteiger partial charge is 0.376 e. The Morgan fingerprint density at radius 3 is 2.83 bits per heavy atom. The highest BCUT2D eigenvalue weighted by Gasteiger charge is 2.15. The number of amides is 1. The maximum absolute atomic E-state index is 12.1. The predicted molar refractivity (Wildman–Crippen MR) is 92.1 cm³/mol. The van der Waals surface area contributed by atoms with E-state index in [9.17, 15) is 4.79 Å². The van der Waals surface area contributed by atoms with Gasteiger partial charge in [0, 0.05) is 24.7 Å². The molecular formula is C17H19ClN4O2. The number of ether oxygens (including phenoxy) is 1. The molecule has 7 heteroatoms. The van der Waals surface area contributed by atoms with Crippen LogP contribution in [0.1, 0.15) is 28.9 Å². The Labute approximate surface area is 145 Å². The fourth-order valence-electron chi connectivity index (χ4n) is 2.48. The van der Waals surface area contributed by atoms with E-state index in [2.05, 4.69) is 20.8 Å². The highest BCUT2D eigenvalue weighted by atomic mass is 35.5. The van der Waals surface area contributed by atoms with Crippen molar-refractivity contribution in [3.05, 3.63) is 52.7 Å². The third kappa shape index (κ3) is 4.43. The maximum atomic E-state index is 12.1. The van der Waals surface area contributed by atoms with Crippen LogP contribution in [-0.2, 0) is 11.3 Å². The summed E-state index contributed by atoms with van der Waals surface area (Å²) in [7, 11) is 0. The molecule has 0 radical (unpaired) electrons. The van der Waals surface area contributed by atoms with Crippen molar-refractivity contribution in [1.82, 2.24) is 15.5 Å². The zero-order valence-corrected chi connectivity index (χ0v) is 13.9. The Bertz CT molecular complexity index is 687. The Morgan fingerprint density at radius 1 is 1.25 bits per heavy atom. The maximum Gasteiger partial charge on any atom is 0.272 e. The van der Waals surface area contributed by atoms with Crippen LogP contribution >= 0.6 is 11.6 Å². The van der Waals surface area contributed by atoms with Crippen molar-refractivity contribution in [3.8, 4) is 0 Å². The van der Waals surface area contributed by atoms with Gasteiger partial charge < -0.3 is 15.4 Å². The van der Waals surface area contributed by atoms with Gasteiger partial charge in [0.15, 0.2) is 5.69 Å². The molecule has 0 bridgehead atoms. The molecule has 0 saturated carbocycles. The molecule has 1 aliphatic heterocycles. The number of hydrogen-bond acceptors (Lipinski definition) is 5. The van der Waals surface area contributed by atoms with E-state index in [4.69, 9.17) is 16.3 Å². The second-order valence-corrected chi connectivity index (χ2v) is 6.00. The van der Waals surface area contributed by atoms with E-state index in [0.29, 0.717) is 23.9 Å². The van der Waals surface area contributed by atoms with Crippen molar-refractivity contribution >= 4 is 23.3 Å². The molecule has 3 rings (SSSR count). The number of carbonyl (C=O) groups is 1. The molecule has 2 aromatic rings. The highest BCUT2D eigenvalue weighted by Crippen LogP contribution is 2.15. The highest BCUT2D eigenvalue weighted by molar-refractivity contribution is 6.31. The molecule has 24 heavy (non-hydrogen) atoms. The van der Waals surface area contributed by atoms with E-state index in [1.807, 2.05) is 18.2 Å². The van der Waals surface area contributed by atoms with Gasteiger partial charge in [-0.15, -0.1) is 10.2 Å². The van der Waals surface area contributed by atoms with E-state index in [1.165, 1.54) is 0 Å². The molecule has 1 saturated heterocycles. The second kappa shape index (κ2) is 8.08. The number of halogens is 1. The molecule has 1 unspecified atom stereocenters. The van der Waals surface area contributed by atoms with Crippen molar-refractivity contribution in [1.29, 1.82) is 0 Å². The van der Waals surface area contributed by atoms with Crippen LogP contribution in [0.5, 0.6) is 0 Å². The number of aromatic nitrogens is 2. The van der Waals surface area contributed by atoms with E-state index in [1.54, 1.807) is 18.2 Å². The van der Waals surface area contributed by atoms with Crippen molar-refractivity contribution in [3.63, 3.8) is 0 Å².